The lowest BCUT2D eigenvalue weighted by atomic mass is 9.96. The van der Waals surface area contributed by atoms with Crippen LogP contribution in [0.25, 0.3) is 0 Å². The molecule has 6 nitrogen and oxygen atoms in total. The minimum atomic E-state index is -0.210. The number of benzene rings is 2. The highest BCUT2D eigenvalue weighted by atomic mass is 16.2. The lowest BCUT2D eigenvalue weighted by molar-refractivity contribution is -0.121. The van der Waals surface area contributed by atoms with Crippen LogP contribution in [0.3, 0.4) is 0 Å². The highest BCUT2D eigenvalue weighted by Gasteiger charge is 2.31. The number of nitrogens with one attached hydrogen (secondary N) is 1. The van der Waals surface area contributed by atoms with Gasteiger partial charge in [-0.15, -0.1) is 0 Å². The molecule has 1 aliphatic heterocycles. The molecule has 1 unspecified atom stereocenters. The summed E-state index contributed by atoms with van der Waals surface area (Å²) in [6.45, 7) is 5.55. The number of anilines is 1. The fourth-order valence-electron chi connectivity index (χ4n) is 4.22. The van der Waals surface area contributed by atoms with E-state index in [9.17, 15) is 9.59 Å². The van der Waals surface area contributed by atoms with Gasteiger partial charge in [0.1, 0.15) is 0 Å². The zero-order valence-corrected chi connectivity index (χ0v) is 18.0. The Morgan fingerprint density at radius 1 is 1.03 bits per heavy atom. The third-order valence-corrected chi connectivity index (χ3v) is 5.89. The number of carbonyl (C=O) groups excluding carboxylic acids is 2. The van der Waals surface area contributed by atoms with E-state index in [4.69, 9.17) is 0 Å². The number of likely N-dealkylation sites (tertiary alicyclic amines) is 1. The van der Waals surface area contributed by atoms with Crippen molar-refractivity contribution in [1.29, 1.82) is 0 Å². The second-order valence-electron chi connectivity index (χ2n) is 8.13. The third kappa shape index (κ3) is 4.68. The first kappa shape index (κ1) is 20.8. The van der Waals surface area contributed by atoms with Crippen molar-refractivity contribution in [1.82, 2.24) is 14.7 Å². The molecule has 31 heavy (non-hydrogen) atoms. The van der Waals surface area contributed by atoms with Crippen molar-refractivity contribution in [2.45, 2.75) is 33.2 Å². The van der Waals surface area contributed by atoms with Crippen LogP contribution in [-0.4, -0.2) is 39.6 Å². The van der Waals surface area contributed by atoms with Gasteiger partial charge >= 0.3 is 0 Å². The highest BCUT2D eigenvalue weighted by molar-refractivity contribution is 5.97. The lowest BCUT2D eigenvalue weighted by Gasteiger charge is -2.32. The molecule has 1 saturated heterocycles. The van der Waals surface area contributed by atoms with E-state index in [2.05, 4.69) is 22.5 Å². The number of nitrogens with zero attached hydrogens (tertiary/aromatic N) is 3. The Kier molecular flexibility index (Phi) is 6.16. The minimum Gasteiger partial charge on any atom is -0.338 e. The minimum absolute atomic E-state index is 0.0306. The zero-order chi connectivity index (χ0) is 21.8. The predicted molar refractivity (Wildman–Crippen MR) is 121 cm³/mol. The first-order chi connectivity index (χ1) is 15.0. The molecule has 1 atom stereocenters. The molecule has 2 heterocycles. The maximum atomic E-state index is 13.4. The van der Waals surface area contributed by atoms with Gasteiger partial charge in [0.25, 0.3) is 5.91 Å². The van der Waals surface area contributed by atoms with Gasteiger partial charge in [0, 0.05) is 24.5 Å². The van der Waals surface area contributed by atoms with E-state index < -0.39 is 0 Å². The monoisotopic (exact) mass is 416 g/mol. The number of rotatable bonds is 5. The maximum absolute atomic E-state index is 13.4. The average molecular weight is 417 g/mol. The van der Waals surface area contributed by atoms with Gasteiger partial charge in [0.05, 0.1) is 23.7 Å². The first-order valence-corrected chi connectivity index (χ1v) is 10.8. The number of aromatic nitrogens is 2. The molecule has 1 aromatic heterocycles. The number of piperidine rings is 1. The quantitative estimate of drug-likeness (QED) is 0.683. The Morgan fingerprint density at radius 2 is 1.71 bits per heavy atom. The number of hydrogen-bond acceptors (Lipinski definition) is 3. The van der Waals surface area contributed by atoms with Crippen molar-refractivity contribution in [2.75, 3.05) is 18.4 Å². The van der Waals surface area contributed by atoms with Gasteiger partial charge in [-0.3, -0.25) is 14.3 Å². The van der Waals surface area contributed by atoms with Crippen molar-refractivity contribution >= 4 is 17.5 Å². The van der Waals surface area contributed by atoms with Crippen LogP contribution in [0.15, 0.2) is 60.7 Å². The van der Waals surface area contributed by atoms with Gasteiger partial charge in [0.2, 0.25) is 5.91 Å². The van der Waals surface area contributed by atoms with E-state index in [1.54, 1.807) is 0 Å². The molecular weight excluding hydrogens is 388 g/mol. The molecule has 2 amide bonds. The predicted octanol–water partition coefficient (Wildman–Crippen LogP) is 4.04. The van der Waals surface area contributed by atoms with Crippen LogP contribution in [0.2, 0.25) is 0 Å². The van der Waals surface area contributed by atoms with Gasteiger partial charge in [-0.05, 0) is 44.4 Å². The first-order valence-electron chi connectivity index (χ1n) is 10.8. The van der Waals surface area contributed by atoms with Crippen molar-refractivity contribution in [3.8, 4) is 0 Å². The second-order valence-corrected chi connectivity index (χ2v) is 8.13. The Bertz CT molecular complexity index is 1060. The van der Waals surface area contributed by atoms with Crippen molar-refractivity contribution in [2.24, 2.45) is 5.92 Å². The highest BCUT2D eigenvalue weighted by Crippen LogP contribution is 2.23. The van der Waals surface area contributed by atoms with E-state index in [1.165, 1.54) is 0 Å². The third-order valence-electron chi connectivity index (χ3n) is 5.89. The van der Waals surface area contributed by atoms with Gasteiger partial charge in [-0.1, -0.05) is 48.5 Å². The summed E-state index contributed by atoms with van der Waals surface area (Å²) in [6, 6.07) is 19.5. The van der Waals surface area contributed by atoms with Crippen molar-refractivity contribution < 1.29 is 9.59 Å². The molecule has 0 spiro atoms. The standard InChI is InChI=1S/C25H28N4O2/c1-18-23(19(2)29(27-18)16-20-10-5-3-6-11-20)25(31)28-15-9-12-21(17-28)24(30)26-22-13-7-4-8-14-22/h3-8,10-11,13-14,21H,9,12,15-17H2,1-2H3,(H,26,30). The second kappa shape index (κ2) is 9.16. The van der Waals surface area contributed by atoms with E-state index in [-0.39, 0.29) is 17.7 Å². The molecule has 0 aliphatic carbocycles. The molecule has 0 bridgehead atoms. The Hall–Kier alpha value is -3.41. The molecule has 1 aliphatic rings. The summed E-state index contributed by atoms with van der Waals surface area (Å²) in [5.74, 6) is -0.277. The average Bonchev–Trinajstić information content (AvgIpc) is 3.07. The molecule has 6 heteroatoms. The Morgan fingerprint density at radius 3 is 2.42 bits per heavy atom. The van der Waals surface area contributed by atoms with Gasteiger partial charge in [-0.2, -0.15) is 5.10 Å². The smallest absolute Gasteiger partial charge is 0.257 e. The van der Waals surface area contributed by atoms with E-state index in [0.29, 0.717) is 25.2 Å². The molecule has 2 aromatic carbocycles. The molecule has 1 N–H and O–H groups in total. The lowest BCUT2D eigenvalue weighted by Crippen LogP contribution is -2.44. The van der Waals surface area contributed by atoms with E-state index in [0.717, 1.165) is 35.5 Å². The SMILES string of the molecule is Cc1nn(Cc2ccccc2)c(C)c1C(=O)N1CCCC(C(=O)Nc2ccccc2)C1. The fraction of sp³-hybridized carbons (Fsp3) is 0.320. The van der Waals surface area contributed by atoms with Crippen LogP contribution in [-0.2, 0) is 11.3 Å². The molecule has 0 radical (unpaired) electrons. The normalized spacial score (nSPS) is 16.2. The maximum Gasteiger partial charge on any atom is 0.257 e. The molecule has 1 fully saturated rings. The number of hydrogen-bond donors (Lipinski definition) is 1. The summed E-state index contributed by atoms with van der Waals surface area (Å²) in [4.78, 5) is 27.9. The van der Waals surface area contributed by atoms with Crippen LogP contribution in [0, 0.1) is 19.8 Å². The van der Waals surface area contributed by atoms with Crippen LogP contribution in [0.1, 0.15) is 40.2 Å². The summed E-state index contributed by atoms with van der Waals surface area (Å²) >= 11 is 0. The van der Waals surface area contributed by atoms with Crippen molar-refractivity contribution in [3.63, 3.8) is 0 Å². The van der Waals surface area contributed by atoms with Crippen LogP contribution >= 0.6 is 0 Å². The number of carbonyl (C=O) groups is 2. The number of aryl methyl sites for hydroxylation is 1. The Balaban J connectivity index is 1.47. The van der Waals surface area contributed by atoms with Gasteiger partial charge in [-0.25, -0.2) is 0 Å². The summed E-state index contributed by atoms with van der Waals surface area (Å²) in [5, 5.41) is 7.59. The molecular formula is C25H28N4O2. The molecule has 4 rings (SSSR count). The topological polar surface area (TPSA) is 67.2 Å². The molecule has 0 saturated carbocycles. The number of amides is 2. The molecule has 160 valence electrons. The van der Waals surface area contributed by atoms with Crippen molar-refractivity contribution in [3.05, 3.63) is 83.2 Å². The van der Waals surface area contributed by atoms with E-state index >= 15 is 0 Å². The number of para-hydroxylation sites is 1. The molecule has 3 aromatic rings. The van der Waals surface area contributed by atoms with Gasteiger partial charge in [0.15, 0.2) is 0 Å². The van der Waals surface area contributed by atoms with Crippen LogP contribution in [0.5, 0.6) is 0 Å². The van der Waals surface area contributed by atoms with Crippen LogP contribution in [0.4, 0.5) is 5.69 Å². The summed E-state index contributed by atoms with van der Waals surface area (Å²) < 4.78 is 1.89. The summed E-state index contributed by atoms with van der Waals surface area (Å²) in [6.07, 6.45) is 1.60. The van der Waals surface area contributed by atoms with Gasteiger partial charge < -0.3 is 10.2 Å². The summed E-state index contributed by atoms with van der Waals surface area (Å²) in [7, 11) is 0. The fourth-order valence-corrected chi connectivity index (χ4v) is 4.22. The summed E-state index contributed by atoms with van der Waals surface area (Å²) in [5.41, 5.74) is 4.17. The van der Waals surface area contributed by atoms with Crippen LogP contribution < -0.4 is 5.32 Å². The Labute approximate surface area is 182 Å². The largest absolute Gasteiger partial charge is 0.338 e. The van der Waals surface area contributed by atoms with E-state index in [1.807, 2.05) is 72.0 Å². The zero-order valence-electron chi connectivity index (χ0n) is 18.0.